The summed E-state index contributed by atoms with van der Waals surface area (Å²) in [5.41, 5.74) is 3.34. The number of nitrogens with zero attached hydrogens (tertiary/aromatic N) is 3. The second-order valence-electron chi connectivity index (χ2n) is 7.41. The maximum absolute atomic E-state index is 12.8. The van der Waals surface area contributed by atoms with Crippen LogP contribution in [0.4, 0.5) is 5.69 Å². The molecule has 30 heavy (non-hydrogen) atoms. The number of anilines is 1. The number of hydrogen-bond acceptors (Lipinski definition) is 7. The minimum atomic E-state index is -0.317. The van der Waals surface area contributed by atoms with Gasteiger partial charge in [0.05, 0.1) is 0 Å². The first-order valence-electron chi connectivity index (χ1n) is 10.2. The van der Waals surface area contributed by atoms with Crippen LogP contribution < -0.4 is 15.4 Å². The molecule has 1 fully saturated rings. The molecular formula is C22H23N5O3. The molecule has 154 valence electrons. The normalized spacial score (nSPS) is 18.0. The lowest BCUT2D eigenvalue weighted by molar-refractivity contribution is -0.137. The Hall–Kier alpha value is -3.39. The van der Waals surface area contributed by atoms with Gasteiger partial charge in [0.15, 0.2) is 6.61 Å². The number of piperazine rings is 1. The predicted octanol–water partition coefficient (Wildman–Crippen LogP) is 2.26. The van der Waals surface area contributed by atoms with Crippen LogP contribution in [0, 0.1) is 0 Å². The molecule has 1 unspecified atom stereocenters. The minimum Gasteiger partial charge on any atom is -0.484 e. The summed E-state index contributed by atoms with van der Waals surface area (Å²) in [5.74, 6) is 1.54. The highest BCUT2D eigenvalue weighted by molar-refractivity contribution is 5.78. The molecule has 8 nitrogen and oxygen atoms in total. The average Bonchev–Trinajstić information content (AvgIpc) is 3.47. The van der Waals surface area contributed by atoms with E-state index in [2.05, 4.69) is 26.8 Å². The van der Waals surface area contributed by atoms with Gasteiger partial charge in [-0.1, -0.05) is 23.4 Å². The van der Waals surface area contributed by atoms with Gasteiger partial charge in [0.2, 0.25) is 5.82 Å². The Balaban J connectivity index is 1.31. The number of ether oxygens (including phenoxy) is 1. The van der Waals surface area contributed by atoms with E-state index in [1.807, 2.05) is 42.5 Å². The van der Waals surface area contributed by atoms with Gasteiger partial charge in [0.25, 0.3) is 11.8 Å². The molecule has 2 aliphatic rings. The fourth-order valence-corrected chi connectivity index (χ4v) is 3.90. The molecule has 3 heterocycles. The third-order valence-electron chi connectivity index (χ3n) is 5.47. The van der Waals surface area contributed by atoms with Gasteiger partial charge in [-0.15, -0.1) is 0 Å². The summed E-state index contributed by atoms with van der Waals surface area (Å²) in [7, 11) is 0. The number of fused-ring (bicyclic) bond motifs is 1. The van der Waals surface area contributed by atoms with E-state index in [0.29, 0.717) is 37.1 Å². The van der Waals surface area contributed by atoms with E-state index in [0.717, 1.165) is 24.2 Å². The van der Waals surface area contributed by atoms with E-state index in [-0.39, 0.29) is 18.6 Å². The van der Waals surface area contributed by atoms with Crippen molar-refractivity contribution in [3.63, 3.8) is 0 Å². The summed E-state index contributed by atoms with van der Waals surface area (Å²) < 4.78 is 11.2. The Morgan fingerprint density at radius 3 is 3.00 bits per heavy atom. The fourth-order valence-electron chi connectivity index (χ4n) is 3.90. The summed E-state index contributed by atoms with van der Waals surface area (Å²) in [6, 6.07) is 15.1. The van der Waals surface area contributed by atoms with Crippen LogP contribution in [0.5, 0.6) is 5.75 Å². The van der Waals surface area contributed by atoms with E-state index in [1.54, 1.807) is 4.90 Å². The Bertz CT molecular complexity index is 1040. The Kier molecular flexibility index (Phi) is 5.06. The molecule has 0 radical (unpaired) electrons. The van der Waals surface area contributed by atoms with Gasteiger partial charge in [0, 0.05) is 37.4 Å². The van der Waals surface area contributed by atoms with Crippen molar-refractivity contribution in [2.24, 2.45) is 0 Å². The van der Waals surface area contributed by atoms with Crippen LogP contribution in [0.2, 0.25) is 0 Å². The molecule has 5 rings (SSSR count). The summed E-state index contributed by atoms with van der Waals surface area (Å²) in [4.78, 5) is 19.2. The van der Waals surface area contributed by atoms with Crippen LogP contribution in [0.15, 0.2) is 53.1 Å². The number of amides is 1. The van der Waals surface area contributed by atoms with Crippen LogP contribution >= 0.6 is 0 Å². The van der Waals surface area contributed by atoms with Crippen molar-refractivity contribution < 1.29 is 14.1 Å². The molecule has 0 saturated carbocycles. The van der Waals surface area contributed by atoms with Crippen molar-refractivity contribution in [1.29, 1.82) is 0 Å². The molecule has 2 aromatic carbocycles. The highest BCUT2D eigenvalue weighted by atomic mass is 16.5. The number of aromatic nitrogens is 2. The minimum absolute atomic E-state index is 0.0284. The van der Waals surface area contributed by atoms with Crippen LogP contribution in [-0.4, -0.2) is 53.7 Å². The smallest absolute Gasteiger partial charge is 0.261 e. The maximum Gasteiger partial charge on any atom is 0.261 e. The maximum atomic E-state index is 12.8. The molecule has 0 aliphatic carbocycles. The van der Waals surface area contributed by atoms with Crippen molar-refractivity contribution in [1.82, 2.24) is 20.4 Å². The SMILES string of the molecule is O=C(COc1ccccc1)N1CCNCC1c1nc(-c2ccc3c(c2)CCN3)no1. The van der Waals surface area contributed by atoms with Gasteiger partial charge < -0.3 is 24.8 Å². The van der Waals surface area contributed by atoms with Gasteiger partial charge in [0.1, 0.15) is 11.8 Å². The van der Waals surface area contributed by atoms with E-state index in [9.17, 15) is 4.79 Å². The number of hydrogen-bond donors (Lipinski definition) is 2. The first-order valence-corrected chi connectivity index (χ1v) is 10.2. The average molecular weight is 405 g/mol. The van der Waals surface area contributed by atoms with E-state index < -0.39 is 0 Å². The summed E-state index contributed by atoms with van der Waals surface area (Å²) >= 11 is 0. The van der Waals surface area contributed by atoms with Crippen LogP contribution in [-0.2, 0) is 11.2 Å². The molecular weight excluding hydrogens is 382 g/mol. The fraction of sp³-hybridized carbons (Fsp3) is 0.318. The monoisotopic (exact) mass is 405 g/mol. The molecule has 1 atom stereocenters. The topological polar surface area (TPSA) is 92.5 Å². The number of para-hydroxylation sites is 1. The van der Waals surface area contributed by atoms with E-state index in [4.69, 9.17) is 9.26 Å². The Morgan fingerprint density at radius 1 is 1.20 bits per heavy atom. The molecule has 1 saturated heterocycles. The number of carbonyl (C=O) groups is 1. The third-order valence-corrected chi connectivity index (χ3v) is 5.47. The molecule has 0 bridgehead atoms. The van der Waals surface area contributed by atoms with Crippen molar-refractivity contribution in [2.45, 2.75) is 12.5 Å². The molecule has 8 heteroatoms. The molecule has 1 aromatic heterocycles. The van der Waals surface area contributed by atoms with Gasteiger partial charge in [-0.2, -0.15) is 4.98 Å². The van der Waals surface area contributed by atoms with Crippen LogP contribution in [0.1, 0.15) is 17.5 Å². The van der Waals surface area contributed by atoms with E-state index >= 15 is 0 Å². The summed E-state index contributed by atoms with van der Waals surface area (Å²) in [5, 5.41) is 10.8. The summed E-state index contributed by atoms with van der Waals surface area (Å²) in [6.07, 6.45) is 0.990. The molecule has 2 aliphatic heterocycles. The zero-order valence-electron chi connectivity index (χ0n) is 16.5. The number of nitrogens with one attached hydrogen (secondary N) is 2. The Labute approximate surface area is 174 Å². The van der Waals surface area contributed by atoms with Crippen LogP contribution in [0.3, 0.4) is 0 Å². The summed E-state index contributed by atoms with van der Waals surface area (Å²) in [6.45, 7) is 2.76. The van der Waals surface area contributed by atoms with Crippen molar-refractivity contribution >= 4 is 11.6 Å². The van der Waals surface area contributed by atoms with Gasteiger partial charge in [-0.25, -0.2) is 0 Å². The van der Waals surface area contributed by atoms with Crippen molar-refractivity contribution in [3.05, 3.63) is 60.0 Å². The zero-order valence-corrected chi connectivity index (χ0v) is 16.5. The van der Waals surface area contributed by atoms with Crippen LogP contribution in [0.25, 0.3) is 11.4 Å². The lowest BCUT2D eigenvalue weighted by Crippen LogP contribution is -2.50. The van der Waals surface area contributed by atoms with Gasteiger partial charge in [-0.05, 0) is 42.3 Å². The largest absolute Gasteiger partial charge is 0.484 e. The molecule has 3 aromatic rings. The van der Waals surface area contributed by atoms with Gasteiger partial charge in [-0.3, -0.25) is 4.79 Å². The quantitative estimate of drug-likeness (QED) is 0.673. The van der Waals surface area contributed by atoms with Crippen molar-refractivity contribution in [2.75, 3.05) is 38.1 Å². The number of rotatable bonds is 5. The molecule has 2 N–H and O–H groups in total. The standard InChI is InChI=1S/C22H23N5O3/c28-20(14-29-17-4-2-1-3-5-17)27-11-10-23-13-19(27)22-25-21(26-30-22)16-6-7-18-15(12-16)8-9-24-18/h1-7,12,19,23-24H,8-11,13-14H2. The second kappa shape index (κ2) is 8.16. The van der Waals surface area contributed by atoms with Gasteiger partial charge >= 0.3 is 0 Å². The first kappa shape index (κ1) is 18.6. The lowest BCUT2D eigenvalue weighted by Gasteiger charge is -2.33. The first-order chi connectivity index (χ1) is 14.8. The molecule has 1 amide bonds. The zero-order chi connectivity index (χ0) is 20.3. The second-order valence-corrected chi connectivity index (χ2v) is 7.41. The highest BCUT2D eigenvalue weighted by Gasteiger charge is 2.32. The predicted molar refractivity (Wildman–Crippen MR) is 111 cm³/mol. The third kappa shape index (κ3) is 3.73. The Morgan fingerprint density at radius 2 is 2.10 bits per heavy atom. The number of benzene rings is 2. The lowest BCUT2D eigenvalue weighted by atomic mass is 10.1. The molecule has 0 spiro atoms. The number of carbonyl (C=O) groups excluding carboxylic acids is 1. The highest BCUT2D eigenvalue weighted by Crippen LogP contribution is 2.29. The van der Waals surface area contributed by atoms with E-state index in [1.165, 1.54) is 5.56 Å². The van der Waals surface area contributed by atoms with Crippen molar-refractivity contribution in [3.8, 4) is 17.1 Å².